The van der Waals surface area contributed by atoms with Gasteiger partial charge in [0.15, 0.2) is 0 Å². The van der Waals surface area contributed by atoms with Crippen LogP contribution in [-0.4, -0.2) is 19.2 Å². The Morgan fingerprint density at radius 2 is 1.92 bits per heavy atom. The van der Waals surface area contributed by atoms with E-state index in [1.807, 2.05) is 42.5 Å². The van der Waals surface area contributed by atoms with Crippen LogP contribution in [0.1, 0.15) is 15.9 Å². The topological polar surface area (TPSA) is 50.7 Å². The van der Waals surface area contributed by atoms with E-state index in [-0.39, 0.29) is 5.91 Å². The average molecular weight is 383 g/mol. The predicted octanol–water partition coefficient (Wildman–Crippen LogP) is 4.37. The molecule has 3 aromatic carbocycles. The molecular formula is C19H15BrN2O2. The molecule has 0 saturated heterocycles. The van der Waals surface area contributed by atoms with Crippen LogP contribution in [0.25, 0.3) is 10.8 Å². The third-order valence-corrected chi connectivity index (χ3v) is 4.23. The molecule has 4 nitrogen and oxygen atoms in total. The Hall–Kier alpha value is -2.66. The molecule has 0 atom stereocenters. The van der Waals surface area contributed by atoms with Crippen molar-refractivity contribution in [1.82, 2.24) is 5.43 Å². The summed E-state index contributed by atoms with van der Waals surface area (Å²) in [7, 11) is 1.58. The summed E-state index contributed by atoms with van der Waals surface area (Å²) in [6.07, 6.45) is 1.65. The van der Waals surface area contributed by atoms with Crippen LogP contribution in [0.4, 0.5) is 0 Å². The number of halogens is 1. The van der Waals surface area contributed by atoms with Crippen LogP contribution in [0.3, 0.4) is 0 Å². The highest BCUT2D eigenvalue weighted by Crippen LogP contribution is 2.25. The summed E-state index contributed by atoms with van der Waals surface area (Å²) in [6.45, 7) is 0. The number of fused-ring (bicyclic) bond motifs is 1. The molecule has 0 radical (unpaired) electrons. The molecule has 0 spiro atoms. The van der Waals surface area contributed by atoms with E-state index >= 15 is 0 Å². The zero-order valence-electron chi connectivity index (χ0n) is 13.0. The summed E-state index contributed by atoms with van der Waals surface area (Å²) >= 11 is 3.36. The van der Waals surface area contributed by atoms with Gasteiger partial charge >= 0.3 is 0 Å². The van der Waals surface area contributed by atoms with E-state index in [0.717, 1.165) is 20.8 Å². The lowest BCUT2D eigenvalue weighted by Crippen LogP contribution is -2.17. The SMILES string of the molecule is COc1ccc(C(=O)N/N=C\c2cccc3ccccc23)cc1Br. The Morgan fingerprint density at radius 1 is 1.12 bits per heavy atom. The summed E-state index contributed by atoms with van der Waals surface area (Å²) in [4.78, 5) is 12.2. The minimum Gasteiger partial charge on any atom is -0.496 e. The summed E-state index contributed by atoms with van der Waals surface area (Å²) < 4.78 is 5.87. The number of carbonyl (C=O) groups excluding carboxylic acids is 1. The van der Waals surface area contributed by atoms with Crippen LogP contribution in [0.15, 0.2) is 70.2 Å². The number of carbonyl (C=O) groups is 1. The van der Waals surface area contributed by atoms with Crippen LogP contribution in [-0.2, 0) is 0 Å². The van der Waals surface area contributed by atoms with Crippen LogP contribution in [0, 0.1) is 0 Å². The van der Waals surface area contributed by atoms with E-state index in [0.29, 0.717) is 11.3 Å². The molecule has 1 amide bonds. The van der Waals surface area contributed by atoms with Gasteiger partial charge in [-0.2, -0.15) is 5.10 Å². The van der Waals surface area contributed by atoms with Crippen molar-refractivity contribution in [2.24, 2.45) is 5.10 Å². The first kappa shape index (κ1) is 16.2. The number of hydrogen-bond acceptors (Lipinski definition) is 3. The number of benzene rings is 3. The highest BCUT2D eigenvalue weighted by molar-refractivity contribution is 9.10. The maximum atomic E-state index is 12.2. The fourth-order valence-electron chi connectivity index (χ4n) is 2.40. The monoisotopic (exact) mass is 382 g/mol. The highest BCUT2D eigenvalue weighted by atomic mass is 79.9. The molecular weight excluding hydrogens is 368 g/mol. The molecule has 0 aliphatic heterocycles. The van der Waals surface area contributed by atoms with Gasteiger partial charge in [-0.1, -0.05) is 42.5 Å². The summed E-state index contributed by atoms with van der Waals surface area (Å²) in [6, 6.07) is 19.1. The molecule has 0 unspecified atom stereocenters. The molecule has 0 bridgehead atoms. The van der Waals surface area contributed by atoms with Gasteiger partial charge in [0.05, 0.1) is 17.8 Å². The predicted molar refractivity (Wildman–Crippen MR) is 99.7 cm³/mol. The molecule has 0 saturated carbocycles. The van der Waals surface area contributed by atoms with Crippen LogP contribution in [0.5, 0.6) is 5.75 Å². The lowest BCUT2D eigenvalue weighted by molar-refractivity contribution is 0.0955. The van der Waals surface area contributed by atoms with E-state index in [4.69, 9.17) is 4.74 Å². The van der Waals surface area contributed by atoms with Crippen molar-refractivity contribution >= 4 is 38.8 Å². The van der Waals surface area contributed by atoms with E-state index in [9.17, 15) is 4.79 Å². The lowest BCUT2D eigenvalue weighted by Gasteiger charge is -2.05. The quantitative estimate of drug-likeness (QED) is 0.537. The number of hydrogen-bond donors (Lipinski definition) is 1. The lowest BCUT2D eigenvalue weighted by atomic mass is 10.1. The molecule has 0 aliphatic carbocycles. The van der Waals surface area contributed by atoms with E-state index < -0.39 is 0 Å². The second kappa shape index (κ2) is 7.27. The number of nitrogens with zero attached hydrogens (tertiary/aromatic N) is 1. The Morgan fingerprint density at radius 3 is 2.71 bits per heavy atom. The summed E-state index contributed by atoms with van der Waals surface area (Å²) in [5.74, 6) is 0.389. The van der Waals surface area contributed by atoms with Crippen molar-refractivity contribution in [1.29, 1.82) is 0 Å². The second-order valence-electron chi connectivity index (χ2n) is 5.12. The number of ether oxygens (including phenoxy) is 1. The molecule has 120 valence electrons. The van der Waals surface area contributed by atoms with E-state index in [2.05, 4.69) is 26.5 Å². The van der Waals surface area contributed by atoms with Crippen molar-refractivity contribution in [3.63, 3.8) is 0 Å². The Kier molecular flexibility index (Phi) is 4.91. The van der Waals surface area contributed by atoms with Gasteiger partial charge in [0.2, 0.25) is 0 Å². The van der Waals surface area contributed by atoms with E-state index in [1.165, 1.54) is 0 Å². The maximum Gasteiger partial charge on any atom is 0.271 e. The van der Waals surface area contributed by atoms with Gasteiger partial charge in [-0.15, -0.1) is 0 Å². The van der Waals surface area contributed by atoms with Gasteiger partial charge in [0.1, 0.15) is 5.75 Å². The van der Waals surface area contributed by atoms with Gasteiger partial charge < -0.3 is 4.74 Å². The first-order chi connectivity index (χ1) is 11.7. The number of rotatable bonds is 4. The minimum absolute atomic E-state index is 0.283. The summed E-state index contributed by atoms with van der Waals surface area (Å²) in [5.41, 5.74) is 3.99. The summed E-state index contributed by atoms with van der Waals surface area (Å²) in [5, 5.41) is 6.29. The van der Waals surface area contributed by atoms with Crippen molar-refractivity contribution in [2.75, 3.05) is 7.11 Å². The largest absolute Gasteiger partial charge is 0.496 e. The third kappa shape index (κ3) is 3.46. The minimum atomic E-state index is -0.283. The van der Waals surface area contributed by atoms with E-state index in [1.54, 1.807) is 31.5 Å². The number of amides is 1. The first-order valence-electron chi connectivity index (χ1n) is 7.34. The third-order valence-electron chi connectivity index (χ3n) is 3.61. The molecule has 0 aliphatic rings. The van der Waals surface area contributed by atoms with Gasteiger partial charge in [-0.05, 0) is 44.9 Å². The molecule has 0 aromatic heterocycles. The van der Waals surface area contributed by atoms with Gasteiger partial charge in [-0.3, -0.25) is 4.79 Å². The van der Waals surface area contributed by atoms with Crippen molar-refractivity contribution in [3.8, 4) is 5.75 Å². The average Bonchev–Trinajstić information content (AvgIpc) is 2.61. The first-order valence-corrected chi connectivity index (χ1v) is 8.13. The van der Waals surface area contributed by atoms with Crippen LogP contribution >= 0.6 is 15.9 Å². The molecule has 3 aromatic rings. The molecule has 5 heteroatoms. The van der Waals surface area contributed by atoms with Crippen molar-refractivity contribution < 1.29 is 9.53 Å². The molecule has 1 N–H and O–H groups in total. The molecule has 0 heterocycles. The molecule has 3 rings (SSSR count). The molecule has 0 fully saturated rings. The Bertz CT molecular complexity index is 917. The number of hydrazone groups is 1. The van der Waals surface area contributed by atoms with Crippen molar-refractivity contribution in [3.05, 3.63) is 76.3 Å². The molecule has 24 heavy (non-hydrogen) atoms. The Balaban J connectivity index is 1.76. The van der Waals surface area contributed by atoms with Crippen LogP contribution < -0.4 is 10.2 Å². The fraction of sp³-hybridized carbons (Fsp3) is 0.0526. The smallest absolute Gasteiger partial charge is 0.271 e. The zero-order chi connectivity index (χ0) is 16.9. The van der Waals surface area contributed by atoms with Gasteiger partial charge in [0, 0.05) is 11.1 Å². The highest BCUT2D eigenvalue weighted by Gasteiger charge is 2.08. The maximum absolute atomic E-state index is 12.2. The second-order valence-corrected chi connectivity index (χ2v) is 5.97. The fourth-order valence-corrected chi connectivity index (χ4v) is 2.94. The van der Waals surface area contributed by atoms with Crippen LogP contribution in [0.2, 0.25) is 0 Å². The van der Waals surface area contributed by atoms with Crippen molar-refractivity contribution in [2.45, 2.75) is 0 Å². The standard InChI is InChI=1S/C19H15BrN2O2/c1-24-18-10-9-14(11-17(18)20)19(23)22-21-12-15-7-4-6-13-5-2-3-8-16(13)15/h2-12H,1H3,(H,22,23)/b21-12-. The zero-order valence-corrected chi connectivity index (χ0v) is 14.6. The Labute approximate surface area is 148 Å². The van der Waals surface area contributed by atoms with Gasteiger partial charge in [-0.25, -0.2) is 5.43 Å². The van der Waals surface area contributed by atoms with Gasteiger partial charge in [0.25, 0.3) is 5.91 Å². The number of methoxy groups -OCH3 is 1. The normalized spacial score (nSPS) is 10.9. The number of nitrogens with one attached hydrogen (secondary N) is 1.